The van der Waals surface area contributed by atoms with Gasteiger partial charge < -0.3 is 9.53 Å². The molecule has 1 fully saturated rings. The summed E-state index contributed by atoms with van der Waals surface area (Å²) in [5, 5.41) is 1.14. The molecule has 2 aliphatic carbocycles. The molecule has 3 nitrogen and oxygen atoms in total. The molecular formula is C21H30O3Si. The average molecular weight is 359 g/mol. The van der Waals surface area contributed by atoms with Gasteiger partial charge in [0, 0.05) is 0 Å². The fourth-order valence-electron chi connectivity index (χ4n) is 4.11. The summed E-state index contributed by atoms with van der Waals surface area (Å²) in [6.07, 6.45) is 3.69. The lowest BCUT2D eigenvalue weighted by molar-refractivity contribution is -0.160. The summed E-state index contributed by atoms with van der Waals surface area (Å²) >= 11 is 0. The van der Waals surface area contributed by atoms with Crippen LogP contribution >= 0.6 is 0 Å². The number of carbonyl (C=O) groups excluding carboxylic acids is 1. The van der Waals surface area contributed by atoms with Gasteiger partial charge in [0.2, 0.25) is 8.32 Å². The van der Waals surface area contributed by atoms with Crippen LogP contribution in [-0.2, 0) is 9.53 Å². The highest BCUT2D eigenvalue weighted by molar-refractivity contribution is 6.78. The standard InChI is InChI=1S/C21H30O3Si/c1-20(2,3)24-19(22)16-13-17(25(4,5)23)18(21(14-16)11-12-21)15-9-7-6-8-10-15/h6-10,16,23H,11-14H2,1-5H3. The number of hydrogen-bond donors (Lipinski definition) is 1. The van der Waals surface area contributed by atoms with E-state index in [2.05, 4.69) is 24.3 Å². The number of esters is 1. The smallest absolute Gasteiger partial charge is 0.309 e. The summed E-state index contributed by atoms with van der Waals surface area (Å²) in [6.45, 7) is 9.68. The van der Waals surface area contributed by atoms with Crippen LogP contribution < -0.4 is 0 Å². The topological polar surface area (TPSA) is 46.5 Å². The first kappa shape index (κ1) is 18.4. The van der Waals surface area contributed by atoms with Crippen LogP contribution in [0.3, 0.4) is 0 Å². The molecule has 25 heavy (non-hydrogen) atoms. The van der Waals surface area contributed by atoms with E-state index in [0.29, 0.717) is 6.42 Å². The summed E-state index contributed by atoms with van der Waals surface area (Å²) in [5.41, 5.74) is 2.13. The predicted octanol–water partition coefficient (Wildman–Crippen LogP) is 4.71. The number of allylic oxidation sites excluding steroid dienone is 2. The lowest BCUT2D eigenvalue weighted by atomic mass is 9.75. The maximum absolute atomic E-state index is 12.7. The van der Waals surface area contributed by atoms with Crippen molar-refractivity contribution >= 4 is 19.9 Å². The molecule has 0 aliphatic heterocycles. The zero-order valence-electron chi connectivity index (χ0n) is 16.1. The molecule has 1 spiro atoms. The third kappa shape index (κ3) is 3.90. The first-order valence-electron chi connectivity index (χ1n) is 9.27. The van der Waals surface area contributed by atoms with E-state index >= 15 is 0 Å². The number of benzene rings is 1. The van der Waals surface area contributed by atoms with E-state index in [1.165, 1.54) is 11.1 Å². The van der Waals surface area contributed by atoms with Gasteiger partial charge in [0.25, 0.3) is 0 Å². The van der Waals surface area contributed by atoms with Crippen molar-refractivity contribution in [2.24, 2.45) is 11.3 Å². The van der Waals surface area contributed by atoms with Crippen molar-refractivity contribution in [3.63, 3.8) is 0 Å². The Balaban J connectivity index is 2.02. The minimum absolute atomic E-state index is 0.0590. The molecule has 1 aromatic carbocycles. The van der Waals surface area contributed by atoms with Gasteiger partial charge in [0.1, 0.15) is 5.60 Å². The monoisotopic (exact) mass is 358 g/mol. The van der Waals surface area contributed by atoms with Crippen molar-refractivity contribution in [3.05, 3.63) is 41.1 Å². The molecule has 4 heteroatoms. The SMILES string of the molecule is CC(C)(C)OC(=O)C1CC([Si](C)(C)O)=C(c2ccccc2)C2(CC2)C1. The second-order valence-corrected chi connectivity index (χ2v) is 12.9. The highest BCUT2D eigenvalue weighted by atomic mass is 28.4. The molecule has 0 amide bonds. The van der Waals surface area contributed by atoms with Gasteiger partial charge in [0.15, 0.2) is 0 Å². The van der Waals surface area contributed by atoms with Crippen LogP contribution in [-0.4, -0.2) is 24.7 Å². The summed E-state index contributed by atoms with van der Waals surface area (Å²) in [7, 11) is -2.53. The average Bonchev–Trinajstić information content (AvgIpc) is 3.24. The Bertz CT molecular complexity index is 688. The third-order valence-electron chi connectivity index (χ3n) is 5.31. The van der Waals surface area contributed by atoms with Gasteiger partial charge in [-0.3, -0.25) is 4.79 Å². The van der Waals surface area contributed by atoms with Gasteiger partial charge >= 0.3 is 5.97 Å². The summed E-state index contributed by atoms with van der Waals surface area (Å²) in [6, 6.07) is 10.4. The van der Waals surface area contributed by atoms with E-state index in [4.69, 9.17) is 4.74 Å². The normalized spacial score (nSPS) is 22.9. The van der Waals surface area contributed by atoms with Crippen LogP contribution in [0.1, 0.15) is 52.0 Å². The lowest BCUT2D eigenvalue weighted by Gasteiger charge is -2.38. The quantitative estimate of drug-likeness (QED) is 0.629. The van der Waals surface area contributed by atoms with Crippen molar-refractivity contribution < 1.29 is 14.3 Å². The van der Waals surface area contributed by atoms with Crippen molar-refractivity contribution in [3.8, 4) is 0 Å². The minimum Gasteiger partial charge on any atom is -0.460 e. The number of rotatable bonds is 3. The molecule has 0 aromatic heterocycles. The molecule has 1 saturated carbocycles. The molecule has 0 heterocycles. The van der Waals surface area contributed by atoms with E-state index in [0.717, 1.165) is 24.5 Å². The van der Waals surface area contributed by atoms with Crippen molar-refractivity contribution in [1.29, 1.82) is 0 Å². The van der Waals surface area contributed by atoms with Crippen LogP contribution in [0.5, 0.6) is 0 Å². The molecule has 0 bridgehead atoms. The second-order valence-electron chi connectivity index (χ2n) is 9.20. The highest BCUT2D eigenvalue weighted by Gasteiger charge is 2.54. The summed E-state index contributed by atoms with van der Waals surface area (Å²) < 4.78 is 5.67. The first-order valence-corrected chi connectivity index (χ1v) is 12.2. The fraction of sp³-hybridized carbons (Fsp3) is 0.571. The lowest BCUT2D eigenvalue weighted by Crippen LogP contribution is -2.39. The van der Waals surface area contributed by atoms with Gasteiger partial charge in [-0.05, 0) is 76.1 Å². The second kappa shape index (κ2) is 6.10. The van der Waals surface area contributed by atoms with E-state index in [-0.39, 0.29) is 17.3 Å². The Kier molecular flexibility index (Phi) is 4.49. The van der Waals surface area contributed by atoms with E-state index in [9.17, 15) is 9.59 Å². The number of hydrogen-bond acceptors (Lipinski definition) is 3. The van der Waals surface area contributed by atoms with Crippen LogP contribution in [0.25, 0.3) is 5.57 Å². The molecule has 0 radical (unpaired) electrons. The molecule has 1 aromatic rings. The molecule has 136 valence electrons. The Hall–Kier alpha value is -1.39. The number of ether oxygens (including phenoxy) is 1. The molecular weight excluding hydrogens is 328 g/mol. The summed E-state index contributed by atoms with van der Waals surface area (Å²) in [4.78, 5) is 23.7. The maximum atomic E-state index is 12.7. The summed E-state index contributed by atoms with van der Waals surface area (Å²) in [5.74, 6) is -0.246. The Morgan fingerprint density at radius 1 is 1.20 bits per heavy atom. The van der Waals surface area contributed by atoms with Crippen molar-refractivity contribution in [2.45, 2.75) is 65.1 Å². The van der Waals surface area contributed by atoms with Crippen LogP contribution in [0.15, 0.2) is 35.5 Å². The number of carbonyl (C=O) groups is 1. The predicted molar refractivity (Wildman–Crippen MR) is 103 cm³/mol. The van der Waals surface area contributed by atoms with Gasteiger partial charge in [0.05, 0.1) is 5.92 Å². The Morgan fingerprint density at radius 2 is 1.80 bits per heavy atom. The zero-order valence-corrected chi connectivity index (χ0v) is 17.1. The van der Waals surface area contributed by atoms with Gasteiger partial charge in [-0.25, -0.2) is 0 Å². The minimum atomic E-state index is -2.53. The molecule has 3 rings (SSSR count). The van der Waals surface area contributed by atoms with Crippen LogP contribution in [0.2, 0.25) is 13.1 Å². The van der Waals surface area contributed by atoms with Crippen LogP contribution in [0.4, 0.5) is 0 Å². The molecule has 1 unspecified atom stereocenters. The van der Waals surface area contributed by atoms with Crippen molar-refractivity contribution in [1.82, 2.24) is 0 Å². The Labute approximate surface area is 152 Å². The zero-order chi connectivity index (χ0) is 18.5. The fourth-order valence-corrected chi connectivity index (χ4v) is 5.88. The molecule has 2 aliphatic rings. The van der Waals surface area contributed by atoms with Gasteiger partial charge in [-0.15, -0.1) is 0 Å². The van der Waals surface area contributed by atoms with E-state index in [1.54, 1.807) is 0 Å². The van der Waals surface area contributed by atoms with Crippen LogP contribution in [0, 0.1) is 11.3 Å². The van der Waals surface area contributed by atoms with E-state index in [1.807, 2.05) is 39.9 Å². The molecule has 1 N–H and O–H groups in total. The van der Waals surface area contributed by atoms with E-state index < -0.39 is 13.9 Å². The molecule has 0 saturated heterocycles. The van der Waals surface area contributed by atoms with Gasteiger partial charge in [-0.1, -0.05) is 35.5 Å². The Morgan fingerprint density at radius 3 is 2.28 bits per heavy atom. The van der Waals surface area contributed by atoms with Crippen molar-refractivity contribution in [2.75, 3.05) is 0 Å². The third-order valence-corrected chi connectivity index (χ3v) is 7.25. The highest BCUT2D eigenvalue weighted by Crippen LogP contribution is 2.64. The van der Waals surface area contributed by atoms with Gasteiger partial charge in [-0.2, -0.15) is 0 Å². The molecule has 1 atom stereocenters. The largest absolute Gasteiger partial charge is 0.460 e. The first-order chi connectivity index (χ1) is 11.5. The maximum Gasteiger partial charge on any atom is 0.309 e.